The zero-order valence-electron chi connectivity index (χ0n) is 11.5. The van der Waals surface area contributed by atoms with Crippen molar-refractivity contribution < 1.29 is 14.5 Å². The molecule has 6 heteroatoms. The number of hydrogen-bond donors (Lipinski definition) is 0. The van der Waals surface area contributed by atoms with Crippen LogP contribution in [0.15, 0.2) is 16.3 Å². The third-order valence-electron chi connectivity index (χ3n) is 2.16. The molecule has 0 atom stereocenters. The molecular weight excluding hydrogens is 236 g/mol. The first-order valence-corrected chi connectivity index (χ1v) is 5.85. The second kappa shape index (κ2) is 7.58. The Bertz CT molecular complexity index is 384. The summed E-state index contributed by atoms with van der Waals surface area (Å²) in [5.74, 6) is -0.376. The van der Waals surface area contributed by atoms with Crippen LogP contribution in [0.4, 0.5) is 0 Å². The summed E-state index contributed by atoms with van der Waals surface area (Å²) in [5.41, 5.74) is -0.0415. The van der Waals surface area contributed by atoms with E-state index < -0.39 is 10.9 Å². The number of allylic oxidation sites excluding steroid dienone is 1. The van der Waals surface area contributed by atoms with Gasteiger partial charge in [-0.15, -0.1) is 0 Å². The molecule has 0 aliphatic heterocycles. The number of hydrogen-bond acceptors (Lipinski definition) is 5. The van der Waals surface area contributed by atoms with Crippen LogP contribution >= 0.6 is 0 Å². The van der Waals surface area contributed by atoms with Gasteiger partial charge in [0.2, 0.25) is 0 Å². The maximum absolute atomic E-state index is 11.5. The molecule has 0 bridgehead atoms. The van der Waals surface area contributed by atoms with E-state index in [4.69, 9.17) is 4.74 Å². The van der Waals surface area contributed by atoms with Gasteiger partial charge in [0.15, 0.2) is 0 Å². The minimum Gasteiger partial charge on any atom is -0.462 e. The largest absolute Gasteiger partial charge is 0.462 e. The van der Waals surface area contributed by atoms with E-state index in [0.717, 1.165) is 0 Å². The fraction of sp³-hybridized carbons (Fsp3) is 0.667. The van der Waals surface area contributed by atoms with Gasteiger partial charge in [0.25, 0.3) is 5.70 Å². The molecule has 0 N–H and O–H groups in total. The number of nitrogens with zero attached hydrogens (tertiary/aromatic N) is 2. The summed E-state index contributed by atoms with van der Waals surface area (Å²) in [4.78, 5) is 26.0. The predicted molar refractivity (Wildman–Crippen MR) is 69.1 cm³/mol. The molecule has 0 aromatic rings. The van der Waals surface area contributed by atoms with Crippen LogP contribution in [-0.2, 0) is 9.53 Å². The number of nitro groups is 1. The van der Waals surface area contributed by atoms with Crippen molar-refractivity contribution in [1.82, 2.24) is 0 Å². The van der Waals surface area contributed by atoms with Gasteiger partial charge in [0.05, 0.1) is 11.5 Å². The van der Waals surface area contributed by atoms with Crippen molar-refractivity contribution in [2.75, 3.05) is 13.2 Å². The lowest BCUT2D eigenvalue weighted by molar-refractivity contribution is -0.416. The highest BCUT2D eigenvalue weighted by Gasteiger charge is 2.24. The molecule has 0 aliphatic carbocycles. The van der Waals surface area contributed by atoms with Crippen molar-refractivity contribution in [3.05, 3.63) is 21.4 Å². The standard InChI is InChI=1S/C12H20N2O4/c1-6-18-12(15)9(4)11(14(16)17)10(5)13-7-8(2)3/h8H,6-7H2,1-5H3/b11-9-,13-10-. The Labute approximate surface area is 107 Å². The quantitative estimate of drug-likeness (QED) is 0.240. The molecule has 0 saturated heterocycles. The van der Waals surface area contributed by atoms with Gasteiger partial charge in [-0.2, -0.15) is 0 Å². The van der Waals surface area contributed by atoms with Gasteiger partial charge >= 0.3 is 5.97 Å². The Balaban J connectivity index is 5.30. The molecule has 102 valence electrons. The molecule has 0 fully saturated rings. The number of carbonyl (C=O) groups excluding carboxylic acids is 1. The Morgan fingerprint density at radius 2 is 1.94 bits per heavy atom. The minimum absolute atomic E-state index is 0.0214. The topological polar surface area (TPSA) is 81.8 Å². The fourth-order valence-electron chi connectivity index (χ4n) is 1.27. The molecule has 0 spiro atoms. The lowest BCUT2D eigenvalue weighted by Gasteiger charge is -2.05. The number of carbonyl (C=O) groups is 1. The van der Waals surface area contributed by atoms with Crippen molar-refractivity contribution in [3.63, 3.8) is 0 Å². The van der Waals surface area contributed by atoms with Crippen LogP contribution < -0.4 is 0 Å². The molecule has 0 heterocycles. The molecule has 0 aromatic heterocycles. The average molecular weight is 256 g/mol. The lowest BCUT2D eigenvalue weighted by atomic mass is 10.1. The lowest BCUT2D eigenvalue weighted by Crippen LogP contribution is -2.17. The van der Waals surface area contributed by atoms with Crippen LogP contribution in [0.3, 0.4) is 0 Å². The Morgan fingerprint density at radius 3 is 2.33 bits per heavy atom. The molecule has 18 heavy (non-hydrogen) atoms. The first-order valence-electron chi connectivity index (χ1n) is 5.85. The highest BCUT2D eigenvalue weighted by Crippen LogP contribution is 2.10. The number of rotatable bonds is 6. The zero-order chi connectivity index (χ0) is 14.3. The van der Waals surface area contributed by atoms with Gasteiger partial charge in [-0.1, -0.05) is 13.8 Å². The van der Waals surface area contributed by atoms with Crippen molar-refractivity contribution in [2.45, 2.75) is 34.6 Å². The maximum Gasteiger partial charge on any atom is 0.340 e. The molecule has 0 aromatic carbocycles. The van der Waals surface area contributed by atoms with Crippen LogP contribution in [0.25, 0.3) is 0 Å². The number of esters is 1. The summed E-state index contributed by atoms with van der Waals surface area (Å²) in [6.45, 7) is 9.15. The second-order valence-corrected chi connectivity index (χ2v) is 4.27. The third-order valence-corrected chi connectivity index (χ3v) is 2.16. The highest BCUT2D eigenvalue weighted by atomic mass is 16.6. The summed E-state index contributed by atoms with van der Waals surface area (Å²) in [5, 5.41) is 11.0. The molecule has 6 nitrogen and oxygen atoms in total. The van der Waals surface area contributed by atoms with E-state index in [1.807, 2.05) is 13.8 Å². The molecule has 0 saturated carbocycles. The van der Waals surface area contributed by atoms with Crippen LogP contribution in [-0.4, -0.2) is 29.8 Å². The molecule has 0 unspecified atom stereocenters. The van der Waals surface area contributed by atoms with Crippen molar-refractivity contribution in [1.29, 1.82) is 0 Å². The highest BCUT2D eigenvalue weighted by molar-refractivity contribution is 6.03. The molecule has 0 rings (SSSR count). The van der Waals surface area contributed by atoms with Gasteiger partial charge in [0.1, 0.15) is 11.3 Å². The normalized spacial score (nSPS) is 13.3. The summed E-state index contributed by atoms with van der Waals surface area (Å²) in [6, 6.07) is 0. The number of ether oxygens (including phenoxy) is 1. The summed E-state index contributed by atoms with van der Waals surface area (Å²) in [6.07, 6.45) is 0. The van der Waals surface area contributed by atoms with Crippen LogP contribution in [0.5, 0.6) is 0 Å². The summed E-state index contributed by atoms with van der Waals surface area (Å²) >= 11 is 0. The maximum atomic E-state index is 11.5. The zero-order valence-corrected chi connectivity index (χ0v) is 11.5. The van der Waals surface area contributed by atoms with E-state index in [9.17, 15) is 14.9 Å². The minimum atomic E-state index is -0.678. The van der Waals surface area contributed by atoms with Gasteiger partial charge in [-0.05, 0) is 26.7 Å². The SMILES string of the molecule is CCOC(=O)/C(C)=C(/C(C)=N\CC(C)C)[N+](=O)[O-]. The molecule has 0 aliphatic rings. The fourth-order valence-corrected chi connectivity index (χ4v) is 1.27. The molecular formula is C12H20N2O4. The van der Waals surface area contributed by atoms with Crippen LogP contribution in [0.1, 0.15) is 34.6 Å². The van der Waals surface area contributed by atoms with Gasteiger partial charge in [-0.25, -0.2) is 4.79 Å². The molecule has 0 radical (unpaired) electrons. The first-order chi connectivity index (χ1) is 8.31. The van der Waals surface area contributed by atoms with E-state index in [1.54, 1.807) is 6.92 Å². The van der Waals surface area contributed by atoms with Crippen LogP contribution in [0, 0.1) is 16.0 Å². The van der Waals surface area contributed by atoms with Crippen molar-refractivity contribution in [2.24, 2.45) is 10.9 Å². The average Bonchev–Trinajstić information content (AvgIpc) is 2.26. The molecule has 0 amide bonds. The van der Waals surface area contributed by atoms with E-state index in [2.05, 4.69) is 4.99 Å². The summed E-state index contributed by atoms with van der Waals surface area (Å²) < 4.78 is 4.75. The van der Waals surface area contributed by atoms with E-state index in [-0.39, 0.29) is 23.6 Å². The monoisotopic (exact) mass is 256 g/mol. The van der Waals surface area contributed by atoms with E-state index in [0.29, 0.717) is 12.5 Å². The second-order valence-electron chi connectivity index (χ2n) is 4.27. The Kier molecular flexibility index (Phi) is 6.85. The van der Waals surface area contributed by atoms with Crippen molar-refractivity contribution >= 4 is 11.7 Å². The first kappa shape index (κ1) is 16.3. The van der Waals surface area contributed by atoms with E-state index >= 15 is 0 Å². The summed E-state index contributed by atoms with van der Waals surface area (Å²) in [7, 11) is 0. The Hall–Kier alpha value is -1.72. The smallest absolute Gasteiger partial charge is 0.340 e. The van der Waals surface area contributed by atoms with Gasteiger partial charge in [-0.3, -0.25) is 15.1 Å². The van der Waals surface area contributed by atoms with Crippen LogP contribution in [0.2, 0.25) is 0 Å². The van der Waals surface area contributed by atoms with Gasteiger partial charge < -0.3 is 4.74 Å². The van der Waals surface area contributed by atoms with E-state index in [1.165, 1.54) is 13.8 Å². The van der Waals surface area contributed by atoms with Gasteiger partial charge in [0, 0.05) is 6.54 Å². The predicted octanol–water partition coefficient (Wildman–Crippen LogP) is 2.22. The number of aliphatic imine (C=N–C) groups is 1. The van der Waals surface area contributed by atoms with Crippen molar-refractivity contribution in [3.8, 4) is 0 Å². The third kappa shape index (κ3) is 5.07. The Morgan fingerprint density at radius 1 is 1.39 bits per heavy atom.